The van der Waals surface area contributed by atoms with Gasteiger partial charge in [0.05, 0.1) is 22.7 Å². The van der Waals surface area contributed by atoms with Gasteiger partial charge in [-0.25, -0.2) is 9.97 Å². The predicted octanol–water partition coefficient (Wildman–Crippen LogP) is 2.72. The van der Waals surface area contributed by atoms with Crippen molar-refractivity contribution in [3.8, 4) is 0 Å². The summed E-state index contributed by atoms with van der Waals surface area (Å²) in [7, 11) is 0. The van der Waals surface area contributed by atoms with Crippen LogP contribution in [0.1, 0.15) is 16.1 Å². The summed E-state index contributed by atoms with van der Waals surface area (Å²) in [6, 6.07) is 1.39. The van der Waals surface area contributed by atoms with Crippen LogP contribution in [-0.4, -0.2) is 27.0 Å². The van der Waals surface area contributed by atoms with Crippen molar-refractivity contribution >= 4 is 51.5 Å². The minimum absolute atomic E-state index is 0.112. The third kappa shape index (κ3) is 3.66. The first kappa shape index (κ1) is 14.7. The standard InChI is InChI=1S/C11H7Cl2N3O3S/c12-7-1-5(3-14-9(7)13)10(19)16-11-15-6(4-20-11)2-8(17)18/h1,3-4H,2H2,(H,17,18)(H,15,16,19). The van der Waals surface area contributed by atoms with Gasteiger partial charge in [0.25, 0.3) is 5.91 Å². The molecule has 2 aromatic rings. The van der Waals surface area contributed by atoms with Gasteiger partial charge in [0.1, 0.15) is 5.15 Å². The normalized spacial score (nSPS) is 10.3. The molecule has 1 amide bonds. The highest BCUT2D eigenvalue weighted by Gasteiger charge is 2.12. The number of amides is 1. The number of nitrogens with zero attached hydrogens (tertiary/aromatic N) is 2. The number of rotatable bonds is 4. The van der Waals surface area contributed by atoms with Gasteiger partial charge in [-0.15, -0.1) is 11.3 Å². The Hall–Kier alpha value is -1.70. The number of thiazole rings is 1. The molecule has 0 aromatic carbocycles. The zero-order valence-corrected chi connectivity index (χ0v) is 12.1. The van der Waals surface area contributed by atoms with Crippen molar-refractivity contribution < 1.29 is 14.7 Å². The van der Waals surface area contributed by atoms with Crippen molar-refractivity contribution in [2.75, 3.05) is 5.32 Å². The fourth-order valence-corrected chi connectivity index (χ4v) is 2.29. The van der Waals surface area contributed by atoms with E-state index in [0.717, 1.165) is 11.3 Å². The predicted molar refractivity (Wildman–Crippen MR) is 75.7 cm³/mol. The molecule has 104 valence electrons. The van der Waals surface area contributed by atoms with Crippen molar-refractivity contribution in [3.05, 3.63) is 39.1 Å². The molecular formula is C11H7Cl2N3O3S. The van der Waals surface area contributed by atoms with Gasteiger partial charge in [-0.1, -0.05) is 23.2 Å². The number of carboxylic acids is 1. The molecule has 2 rings (SSSR count). The van der Waals surface area contributed by atoms with Crippen molar-refractivity contribution in [2.24, 2.45) is 0 Å². The number of halogens is 2. The van der Waals surface area contributed by atoms with Crippen molar-refractivity contribution in [1.29, 1.82) is 0 Å². The van der Waals surface area contributed by atoms with E-state index in [1.165, 1.54) is 12.3 Å². The Balaban J connectivity index is 2.09. The number of nitrogens with one attached hydrogen (secondary N) is 1. The van der Waals surface area contributed by atoms with Crippen molar-refractivity contribution in [2.45, 2.75) is 6.42 Å². The number of carbonyl (C=O) groups excluding carboxylic acids is 1. The Morgan fingerprint density at radius 1 is 1.40 bits per heavy atom. The third-order valence-corrected chi connectivity index (χ3v) is 3.66. The largest absolute Gasteiger partial charge is 0.481 e. The minimum Gasteiger partial charge on any atom is -0.481 e. The molecule has 9 heteroatoms. The Kier molecular flexibility index (Phi) is 4.53. The summed E-state index contributed by atoms with van der Waals surface area (Å²) >= 11 is 12.6. The van der Waals surface area contributed by atoms with Crippen LogP contribution >= 0.6 is 34.5 Å². The van der Waals surface area contributed by atoms with Crippen molar-refractivity contribution in [3.63, 3.8) is 0 Å². The van der Waals surface area contributed by atoms with Gasteiger partial charge in [0, 0.05) is 11.6 Å². The van der Waals surface area contributed by atoms with Gasteiger partial charge in [-0.05, 0) is 6.07 Å². The lowest BCUT2D eigenvalue weighted by Crippen LogP contribution is -2.12. The molecular weight excluding hydrogens is 325 g/mol. The molecule has 2 aromatic heterocycles. The summed E-state index contributed by atoms with van der Waals surface area (Å²) in [6.45, 7) is 0. The molecule has 0 bridgehead atoms. The Bertz CT molecular complexity index is 675. The molecule has 0 spiro atoms. The fraction of sp³-hybridized carbons (Fsp3) is 0.0909. The van der Waals surface area contributed by atoms with Gasteiger partial charge in [-0.3, -0.25) is 14.9 Å². The lowest BCUT2D eigenvalue weighted by atomic mass is 10.3. The highest BCUT2D eigenvalue weighted by Crippen LogP contribution is 2.21. The van der Waals surface area contributed by atoms with Crippen molar-refractivity contribution in [1.82, 2.24) is 9.97 Å². The quantitative estimate of drug-likeness (QED) is 0.840. The van der Waals surface area contributed by atoms with Crippen LogP contribution < -0.4 is 5.32 Å². The Labute approximate surface area is 127 Å². The average Bonchev–Trinajstić information content (AvgIpc) is 2.79. The molecule has 0 atom stereocenters. The number of carboxylic acid groups (broad SMARTS) is 1. The molecule has 20 heavy (non-hydrogen) atoms. The van der Waals surface area contributed by atoms with E-state index in [4.69, 9.17) is 28.3 Å². The Morgan fingerprint density at radius 3 is 2.80 bits per heavy atom. The van der Waals surface area contributed by atoms with E-state index in [1.54, 1.807) is 5.38 Å². The van der Waals surface area contributed by atoms with Gasteiger partial charge in [-0.2, -0.15) is 0 Å². The van der Waals surface area contributed by atoms with Gasteiger partial charge in [0.2, 0.25) is 0 Å². The molecule has 0 aliphatic heterocycles. The fourth-order valence-electron chi connectivity index (χ4n) is 1.32. The molecule has 0 radical (unpaired) electrons. The molecule has 6 nitrogen and oxygen atoms in total. The van der Waals surface area contributed by atoms with Crippen LogP contribution in [0.2, 0.25) is 10.2 Å². The molecule has 0 saturated heterocycles. The number of anilines is 1. The van der Waals surface area contributed by atoms with E-state index >= 15 is 0 Å². The van der Waals surface area contributed by atoms with Gasteiger partial charge < -0.3 is 5.11 Å². The first-order chi connectivity index (χ1) is 9.45. The number of hydrogen-bond donors (Lipinski definition) is 2. The van der Waals surface area contributed by atoms with Crippen LogP contribution in [0.3, 0.4) is 0 Å². The monoisotopic (exact) mass is 331 g/mol. The summed E-state index contributed by atoms with van der Waals surface area (Å²) < 4.78 is 0. The number of carbonyl (C=O) groups is 2. The van der Waals surface area contributed by atoms with Crippen LogP contribution in [0.25, 0.3) is 0 Å². The zero-order valence-electron chi connectivity index (χ0n) is 9.76. The second-order valence-corrected chi connectivity index (χ2v) is 5.29. The van der Waals surface area contributed by atoms with E-state index in [0.29, 0.717) is 10.8 Å². The molecule has 2 heterocycles. The van der Waals surface area contributed by atoms with Crippen LogP contribution in [0.4, 0.5) is 5.13 Å². The lowest BCUT2D eigenvalue weighted by Gasteiger charge is -2.02. The van der Waals surface area contributed by atoms with E-state index in [-0.39, 0.29) is 22.2 Å². The highest BCUT2D eigenvalue weighted by molar-refractivity contribution is 7.14. The summed E-state index contributed by atoms with van der Waals surface area (Å²) in [4.78, 5) is 30.2. The maximum atomic E-state index is 11.9. The number of aliphatic carboxylic acids is 1. The number of pyridine rings is 1. The van der Waals surface area contributed by atoms with Crippen LogP contribution in [-0.2, 0) is 11.2 Å². The molecule has 0 aliphatic rings. The van der Waals surface area contributed by atoms with Gasteiger partial charge in [0.15, 0.2) is 5.13 Å². The number of aromatic nitrogens is 2. The van der Waals surface area contributed by atoms with Crippen LogP contribution in [0, 0.1) is 0 Å². The molecule has 0 aliphatic carbocycles. The first-order valence-corrected chi connectivity index (χ1v) is 6.88. The van der Waals surface area contributed by atoms with E-state index < -0.39 is 11.9 Å². The maximum Gasteiger partial charge on any atom is 0.309 e. The van der Waals surface area contributed by atoms with E-state index in [2.05, 4.69) is 15.3 Å². The zero-order chi connectivity index (χ0) is 14.7. The molecule has 2 N–H and O–H groups in total. The third-order valence-electron chi connectivity index (χ3n) is 2.16. The highest BCUT2D eigenvalue weighted by atomic mass is 35.5. The summed E-state index contributed by atoms with van der Waals surface area (Å²) in [5, 5.41) is 13.3. The minimum atomic E-state index is -0.984. The first-order valence-electron chi connectivity index (χ1n) is 5.24. The average molecular weight is 332 g/mol. The summed E-state index contributed by atoms with van der Waals surface area (Å²) in [5.74, 6) is -1.44. The van der Waals surface area contributed by atoms with Gasteiger partial charge >= 0.3 is 5.97 Å². The topological polar surface area (TPSA) is 92.2 Å². The smallest absolute Gasteiger partial charge is 0.309 e. The summed E-state index contributed by atoms with van der Waals surface area (Å²) in [6.07, 6.45) is 1.09. The summed E-state index contributed by atoms with van der Waals surface area (Å²) in [5.41, 5.74) is 0.611. The van der Waals surface area contributed by atoms with Crippen LogP contribution in [0.15, 0.2) is 17.6 Å². The second-order valence-electron chi connectivity index (χ2n) is 3.67. The van der Waals surface area contributed by atoms with E-state index in [1.807, 2.05) is 0 Å². The molecule has 0 saturated carbocycles. The van der Waals surface area contributed by atoms with E-state index in [9.17, 15) is 9.59 Å². The Morgan fingerprint density at radius 2 is 2.15 bits per heavy atom. The molecule has 0 fully saturated rings. The second kappa shape index (κ2) is 6.17. The van der Waals surface area contributed by atoms with Crippen LogP contribution in [0.5, 0.6) is 0 Å². The number of hydrogen-bond acceptors (Lipinski definition) is 5. The lowest BCUT2D eigenvalue weighted by molar-refractivity contribution is -0.136. The SMILES string of the molecule is O=C(O)Cc1csc(NC(=O)c2cnc(Cl)c(Cl)c2)n1. The molecule has 0 unspecified atom stereocenters. The maximum absolute atomic E-state index is 11.9.